The molecule has 0 saturated carbocycles. The molecule has 0 fully saturated rings. The summed E-state index contributed by atoms with van der Waals surface area (Å²) < 4.78 is 0. The van der Waals surface area contributed by atoms with Crippen molar-refractivity contribution in [3.05, 3.63) is 0 Å². The van der Waals surface area contributed by atoms with Gasteiger partial charge in [-0.05, 0) is 20.3 Å². The lowest BCUT2D eigenvalue weighted by molar-refractivity contribution is 0.216. The van der Waals surface area contributed by atoms with Gasteiger partial charge < -0.3 is 16.6 Å². The van der Waals surface area contributed by atoms with Crippen LogP contribution < -0.4 is 11.5 Å². The highest BCUT2D eigenvalue weighted by atomic mass is 16.3. The molecule has 3 heteroatoms. The molecule has 3 nitrogen and oxygen atoms in total. The van der Waals surface area contributed by atoms with Crippen LogP contribution in [0.4, 0.5) is 0 Å². The molecule has 0 radical (unpaired) electrons. The van der Waals surface area contributed by atoms with Crippen molar-refractivity contribution >= 4 is 0 Å². The lowest BCUT2D eigenvalue weighted by Gasteiger charge is -2.01. The lowest BCUT2D eigenvalue weighted by atomic mass is 10.2. The number of nitrogens with two attached hydrogens (primary N) is 2. The Morgan fingerprint density at radius 2 is 1.58 bits per heavy atom. The zero-order chi connectivity index (χ0) is 9.98. The van der Waals surface area contributed by atoms with Crippen LogP contribution in [0.2, 0.25) is 0 Å². The maximum absolute atomic E-state index is 8.06. The summed E-state index contributed by atoms with van der Waals surface area (Å²) in [6.45, 7) is 5.61. The van der Waals surface area contributed by atoms with E-state index < -0.39 is 0 Å². The summed E-state index contributed by atoms with van der Waals surface area (Å²) in [7, 11) is 0. The highest BCUT2D eigenvalue weighted by Crippen LogP contribution is 1.97. The molecule has 0 aromatic rings. The predicted octanol–water partition coefficient (Wildman–Crippen LogP) is 1.20. The zero-order valence-electron chi connectivity index (χ0n) is 8.59. The Labute approximate surface area is 76.1 Å². The van der Waals surface area contributed by atoms with E-state index in [0.29, 0.717) is 0 Å². The van der Waals surface area contributed by atoms with E-state index in [-0.39, 0.29) is 12.3 Å². The van der Waals surface area contributed by atoms with Gasteiger partial charge in [0.2, 0.25) is 0 Å². The molecule has 0 aliphatic heterocycles. The van der Waals surface area contributed by atoms with Crippen LogP contribution >= 0.6 is 0 Å². The van der Waals surface area contributed by atoms with Crippen LogP contribution in [0.3, 0.4) is 0 Å². The van der Waals surface area contributed by atoms with Gasteiger partial charge in [-0.2, -0.15) is 0 Å². The maximum Gasteiger partial charge on any atom is 0.0520 e. The van der Waals surface area contributed by atoms with Crippen LogP contribution in [-0.4, -0.2) is 17.4 Å². The largest absolute Gasteiger partial charge is 0.394 e. The van der Waals surface area contributed by atoms with Crippen LogP contribution in [0.15, 0.2) is 0 Å². The zero-order valence-corrected chi connectivity index (χ0v) is 8.59. The van der Waals surface area contributed by atoms with E-state index in [9.17, 15) is 0 Å². The molecular formula is C9H24N2O. The monoisotopic (exact) mass is 176 g/mol. The van der Waals surface area contributed by atoms with Crippen molar-refractivity contribution in [1.29, 1.82) is 0 Å². The van der Waals surface area contributed by atoms with Gasteiger partial charge in [0, 0.05) is 6.10 Å². The quantitative estimate of drug-likeness (QED) is 0.445. The van der Waals surface area contributed by atoms with Gasteiger partial charge in [-0.25, -0.2) is 0 Å². The first-order valence-electron chi connectivity index (χ1n) is 4.69. The van der Waals surface area contributed by atoms with E-state index in [1.165, 1.54) is 19.3 Å². The van der Waals surface area contributed by atoms with E-state index in [1.807, 2.05) is 0 Å². The summed E-state index contributed by atoms with van der Waals surface area (Å²) in [4.78, 5) is 0. The number of unbranched alkanes of at least 4 members (excludes halogenated alkanes) is 2. The van der Waals surface area contributed by atoms with Crippen molar-refractivity contribution < 1.29 is 5.11 Å². The van der Waals surface area contributed by atoms with Crippen molar-refractivity contribution in [2.24, 2.45) is 11.5 Å². The molecule has 0 saturated heterocycles. The standard InChI is InChI=1S/C6H16N2.C3H8O/c1-2-3-4-5-6(7)8;1-3(2)4/h6H,2-5,7-8H2,1H3;3-4H,1-2H3. The molecule has 0 bridgehead atoms. The highest BCUT2D eigenvalue weighted by Gasteiger charge is 1.90. The third-order valence-electron chi connectivity index (χ3n) is 1.14. The van der Waals surface area contributed by atoms with Gasteiger partial charge in [-0.15, -0.1) is 0 Å². The van der Waals surface area contributed by atoms with Crippen LogP contribution in [0.25, 0.3) is 0 Å². The molecule has 0 aromatic carbocycles. The van der Waals surface area contributed by atoms with Crippen molar-refractivity contribution in [2.75, 3.05) is 0 Å². The van der Waals surface area contributed by atoms with E-state index in [4.69, 9.17) is 16.6 Å². The summed E-state index contributed by atoms with van der Waals surface area (Å²) in [6.07, 6.45) is 4.38. The Morgan fingerprint density at radius 3 is 1.83 bits per heavy atom. The normalized spacial score (nSPS) is 10.0. The molecule has 0 aromatic heterocycles. The van der Waals surface area contributed by atoms with Crippen LogP contribution in [-0.2, 0) is 0 Å². The molecule has 0 heterocycles. The molecule has 0 aliphatic rings. The number of aliphatic hydroxyl groups excluding tert-OH is 1. The Balaban J connectivity index is 0. The van der Waals surface area contributed by atoms with E-state index in [2.05, 4.69) is 6.92 Å². The Bertz CT molecular complexity index is 72.2. The second kappa shape index (κ2) is 10.9. The SMILES string of the molecule is CC(C)O.CCCCCC(N)N. The molecule has 0 spiro atoms. The molecule has 0 unspecified atom stereocenters. The number of hydrogen-bond acceptors (Lipinski definition) is 3. The molecule has 0 atom stereocenters. The molecule has 76 valence electrons. The number of aliphatic hydroxyl groups is 1. The van der Waals surface area contributed by atoms with Gasteiger partial charge in [-0.1, -0.05) is 26.2 Å². The summed E-state index contributed by atoms with van der Waals surface area (Å²) >= 11 is 0. The first kappa shape index (κ1) is 14.4. The minimum Gasteiger partial charge on any atom is -0.394 e. The van der Waals surface area contributed by atoms with Crippen molar-refractivity contribution in [1.82, 2.24) is 0 Å². The fourth-order valence-corrected chi connectivity index (χ4v) is 0.630. The van der Waals surface area contributed by atoms with Gasteiger partial charge >= 0.3 is 0 Å². The second-order valence-electron chi connectivity index (χ2n) is 3.25. The highest BCUT2D eigenvalue weighted by molar-refractivity contribution is 4.49. The average molecular weight is 176 g/mol. The minimum absolute atomic E-state index is 0.0958. The topological polar surface area (TPSA) is 72.3 Å². The Hall–Kier alpha value is -0.120. The fraction of sp³-hybridized carbons (Fsp3) is 1.00. The molecule has 0 amide bonds. The van der Waals surface area contributed by atoms with Gasteiger partial charge in [-0.3, -0.25) is 0 Å². The third-order valence-corrected chi connectivity index (χ3v) is 1.14. The first-order chi connectivity index (χ1) is 5.50. The lowest BCUT2D eigenvalue weighted by Crippen LogP contribution is -2.29. The maximum atomic E-state index is 8.06. The number of rotatable bonds is 4. The molecule has 5 N–H and O–H groups in total. The van der Waals surface area contributed by atoms with E-state index in [1.54, 1.807) is 13.8 Å². The minimum atomic E-state index is -0.167. The molecule has 12 heavy (non-hydrogen) atoms. The fourth-order valence-electron chi connectivity index (χ4n) is 0.630. The average Bonchev–Trinajstić information content (AvgIpc) is 1.86. The Kier molecular flexibility index (Phi) is 13.1. The summed E-state index contributed by atoms with van der Waals surface area (Å²) in [5.41, 5.74) is 10.6. The van der Waals surface area contributed by atoms with Crippen molar-refractivity contribution in [2.45, 2.75) is 58.7 Å². The predicted molar refractivity (Wildman–Crippen MR) is 53.7 cm³/mol. The number of hydrogen-bond donors (Lipinski definition) is 3. The summed E-state index contributed by atoms with van der Waals surface area (Å²) in [6, 6.07) is 0. The smallest absolute Gasteiger partial charge is 0.0520 e. The third kappa shape index (κ3) is 32.7. The summed E-state index contributed by atoms with van der Waals surface area (Å²) in [5, 5.41) is 8.06. The molecule has 0 rings (SSSR count). The summed E-state index contributed by atoms with van der Waals surface area (Å²) in [5.74, 6) is 0. The van der Waals surface area contributed by atoms with Crippen molar-refractivity contribution in [3.8, 4) is 0 Å². The Morgan fingerprint density at radius 1 is 1.17 bits per heavy atom. The van der Waals surface area contributed by atoms with E-state index in [0.717, 1.165) is 6.42 Å². The van der Waals surface area contributed by atoms with Gasteiger partial charge in [0.15, 0.2) is 0 Å². The second-order valence-corrected chi connectivity index (χ2v) is 3.25. The van der Waals surface area contributed by atoms with Crippen LogP contribution in [0.5, 0.6) is 0 Å². The van der Waals surface area contributed by atoms with Crippen LogP contribution in [0.1, 0.15) is 46.5 Å². The van der Waals surface area contributed by atoms with Crippen LogP contribution in [0, 0.1) is 0 Å². The van der Waals surface area contributed by atoms with Gasteiger partial charge in [0.05, 0.1) is 6.17 Å². The van der Waals surface area contributed by atoms with Gasteiger partial charge in [0.1, 0.15) is 0 Å². The van der Waals surface area contributed by atoms with Crippen molar-refractivity contribution in [3.63, 3.8) is 0 Å². The first-order valence-corrected chi connectivity index (χ1v) is 4.69. The van der Waals surface area contributed by atoms with Gasteiger partial charge in [0.25, 0.3) is 0 Å². The molecular weight excluding hydrogens is 152 g/mol. The van der Waals surface area contributed by atoms with E-state index >= 15 is 0 Å². The molecule has 0 aliphatic carbocycles.